The van der Waals surface area contributed by atoms with Crippen LogP contribution in [0.3, 0.4) is 0 Å². The highest BCUT2D eigenvalue weighted by molar-refractivity contribution is 6.04. The Bertz CT molecular complexity index is 1190. The van der Waals surface area contributed by atoms with Gasteiger partial charge in [0, 0.05) is 17.4 Å². The van der Waals surface area contributed by atoms with Gasteiger partial charge in [-0.3, -0.25) is 14.3 Å². The number of carbonyl (C=O) groups excluding carboxylic acids is 1. The van der Waals surface area contributed by atoms with Crippen LogP contribution >= 0.6 is 0 Å². The number of hydrogen-bond donors (Lipinski definition) is 2. The van der Waals surface area contributed by atoms with Gasteiger partial charge >= 0.3 is 0 Å². The molecule has 0 aliphatic heterocycles. The van der Waals surface area contributed by atoms with Gasteiger partial charge in [-0.15, -0.1) is 0 Å². The Morgan fingerprint density at radius 2 is 1.85 bits per heavy atom. The molecule has 3 aromatic rings. The van der Waals surface area contributed by atoms with E-state index in [1.807, 2.05) is 0 Å². The molecule has 33 heavy (non-hydrogen) atoms. The molecule has 1 aromatic heterocycles. The third-order valence-corrected chi connectivity index (χ3v) is 4.37. The summed E-state index contributed by atoms with van der Waals surface area (Å²) in [6.45, 7) is 2.08. The van der Waals surface area contributed by atoms with Gasteiger partial charge in [0.2, 0.25) is 5.43 Å². The van der Waals surface area contributed by atoms with E-state index in [4.69, 9.17) is 4.74 Å². The number of hydrogen-bond acceptors (Lipinski definition) is 5. The molecule has 0 spiro atoms. The monoisotopic (exact) mass is 461 g/mol. The lowest BCUT2D eigenvalue weighted by Gasteiger charge is -2.20. The second-order valence-electron chi connectivity index (χ2n) is 7.89. The number of nitrogens with one attached hydrogen (secondary N) is 1. The Morgan fingerprint density at radius 3 is 2.48 bits per heavy atom. The second-order valence-corrected chi connectivity index (χ2v) is 7.89. The number of anilines is 1. The van der Waals surface area contributed by atoms with Crippen LogP contribution in [0.5, 0.6) is 5.75 Å². The number of para-hydroxylation sites is 1. The fraction of sp³-hybridized carbons (Fsp3) is 0.261. The Hall–Kier alpha value is -3.66. The summed E-state index contributed by atoms with van der Waals surface area (Å²) in [6, 6.07) is 10.9. The van der Waals surface area contributed by atoms with E-state index in [2.05, 4.69) is 10.4 Å². The highest BCUT2D eigenvalue weighted by Crippen LogP contribution is 2.27. The number of halogens is 3. The van der Waals surface area contributed by atoms with Gasteiger partial charge in [-0.25, -0.2) is 13.2 Å². The van der Waals surface area contributed by atoms with Gasteiger partial charge in [-0.05, 0) is 50.2 Å². The van der Waals surface area contributed by atoms with Crippen LogP contribution in [0.1, 0.15) is 24.2 Å². The minimum atomic E-state index is -2.73. The number of amides is 1. The predicted octanol–water partition coefficient (Wildman–Crippen LogP) is 3.72. The number of benzene rings is 2. The number of alkyl halides is 2. The zero-order valence-electron chi connectivity index (χ0n) is 17.9. The SMILES string of the molecule is CC(C)(O)Cn1cc(C(=O)Nc2ccc(F)cc2)c(=O)c(-c2ccccc2OCC(F)F)n1. The summed E-state index contributed by atoms with van der Waals surface area (Å²) in [4.78, 5) is 26.1. The van der Waals surface area contributed by atoms with Crippen molar-refractivity contribution >= 4 is 11.6 Å². The van der Waals surface area contributed by atoms with Crippen molar-refractivity contribution in [3.63, 3.8) is 0 Å². The molecule has 7 nitrogen and oxygen atoms in total. The molecule has 3 rings (SSSR count). The van der Waals surface area contributed by atoms with Crippen LogP contribution in [0.4, 0.5) is 18.9 Å². The molecule has 0 radical (unpaired) electrons. The summed E-state index contributed by atoms with van der Waals surface area (Å²) < 4.78 is 44.9. The number of carbonyl (C=O) groups is 1. The molecule has 1 heterocycles. The van der Waals surface area contributed by atoms with Crippen LogP contribution in [0.15, 0.2) is 59.5 Å². The van der Waals surface area contributed by atoms with Gasteiger partial charge in [-0.2, -0.15) is 5.10 Å². The zero-order valence-corrected chi connectivity index (χ0v) is 17.9. The van der Waals surface area contributed by atoms with Crippen molar-refractivity contribution in [1.82, 2.24) is 9.78 Å². The summed E-state index contributed by atoms with van der Waals surface area (Å²) in [5.74, 6) is -1.29. The zero-order chi connectivity index (χ0) is 24.2. The van der Waals surface area contributed by atoms with Gasteiger partial charge in [-0.1, -0.05) is 12.1 Å². The van der Waals surface area contributed by atoms with E-state index in [-0.39, 0.29) is 34.8 Å². The van der Waals surface area contributed by atoms with E-state index in [1.165, 1.54) is 49.0 Å². The van der Waals surface area contributed by atoms with E-state index in [0.717, 1.165) is 12.1 Å². The Labute approximate surface area is 187 Å². The first kappa shape index (κ1) is 24.0. The molecule has 0 bridgehead atoms. The Morgan fingerprint density at radius 1 is 1.18 bits per heavy atom. The lowest BCUT2D eigenvalue weighted by atomic mass is 10.1. The van der Waals surface area contributed by atoms with Crippen molar-refractivity contribution in [3.8, 4) is 17.0 Å². The smallest absolute Gasteiger partial charge is 0.272 e. The maximum atomic E-state index is 13.2. The van der Waals surface area contributed by atoms with Gasteiger partial charge in [0.15, 0.2) is 0 Å². The number of nitrogens with zero attached hydrogens (tertiary/aromatic N) is 2. The third-order valence-electron chi connectivity index (χ3n) is 4.37. The minimum absolute atomic E-state index is 0.00620. The van der Waals surface area contributed by atoms with E-state index in [0.29, 0.717) is 0 Å². The molecule has 0 atom stereocenters. The largest absolute Gasteiger partial charge is 0.487 e. The lowest BCUT2D eigenvalue weighted by molar-refractivity contribution is 0.0570. The van der Waals surface area contributed by atoms with E-state index < -0.39 is 35.8 Å². The van der Waals surface area contributed by atoms with Crippen LogP contribution in [0, 0.1) is 5.82 Å². The van der Waals surface area contributed by atoms with Gasteiger partial charge in [0.05, 0.1) is 12.1 Å². The highest BCUT2D eigenvalue weighted by Gasteiger charge is 2.22. The predicted molar refractivity (Wildman–Crippen MR) is 116 cm³/mol. The average molecular weight is 461 g/mol. The molecule has 0 saturated carbocycles. The first-order valence-corrected chi connectivity index (χ1v) is 9.95. The minimum Gasteiger partial charge on any atom is -0.487 e. The number of rotatable bonds is 8. The molecule has 174 valence electrons. The number of ether oxygens (including phenoxy) is 1. The van der Waals surface area contributed by atoms with Crippen LogP contribution in [0.25, 0.3) is 11.3 Å². The van der Waals surface area contributed by atoms with Crippen LogP contribution in [0.2, 0.25) is 0 Å². The normalized spacial score (nSPS) is 11.5. The van der Waals surface area contributed by atoms with E-state index in [1.54, 1.807) is 12.1 Å². The summed E-state index contributed by atoms with van der Waals surface area (Å²) in [5.41, 5.74) is -2.16. The lowest BCUT2D eigenvalue weighted by Crippen LogP contribution is -2.32. The Kier molecular flexibility index (Phi) is 7.17. The quantitative estimate of drug-likeness (QED) is 0.534. The fourth-order valence-corrected chi connectivity index (χ4v) is 3.03. The van der Waals surface area contributed by atoms with Crippen molar-refractivity contribution < 1.29 is 27.8 Å². The maximum Gasteiger partial charge on any atom is 0.272 e. The summed E-state index contributed by atoms with van der Waals surface area (Å²) in [6.07, 6.45) is -1.55. The van der Waals surface area contributed by atoms with Crippen molar-refractivity contribution in [2.24, 2.45) is 0 Å². The third kappa shape index (κ3) is 6.42. The van der Waals surface area contributed by atoms with Crippen molar-refractivity contribution in [3.05, 3.63) is 76.3 Å². The molecule has 0 saturated heterocycles. The number of aliphatic hydroxyl groups is 1. The first-order chi connectivity index (χ1) is 15.5. The molecule has 10 heteroatoms. The van der Waals surface area contributed by atoms with Gasteiger partial charge in [0.25, 0.3) is 12.3 Å². The molecule has 1 amide bonds. The van der Waals surface area contributed by atoms with Crippen LogP contribution in [-0.4, -0.2) is 39.4 Å². The van der Waals surface area contributed by atoms with Crippen LogP contribution < -0.4 is 15.5 Å². The maximum absolute atomic E-state index is 13.2. The van der Waals surface area contributed by atoms with Crippen LogP contribution in [-0.2, 0) is 6.54 Å². The first-order valence-electron chi connectivity index (χ1n) is 9.95. The van der Waals surface area contributed by atoms with Crippen molar-refractivity contribution in [2.45, 2.75) is 32.4 Å². The molecule has 0 unspecified atom stereocenters. The molecule has 2 aromatic carbocycles. The molecular formula is C23H22F3N3O4. The molecule has 0 aliphatic rings. The van der Waals surface area contributed by atoms with E-state index in [9.17, 15) is 27.9 Å². The topological polar surface area (TPSA) is 93.5 Å². The summed E-state index contributed by atoms with van der Waals surface area (Å²) >= 11 is 0. The van der Waals surface area contributed by atoms with Crippen molar-refractivity contribution in [2.75, 3.05) is 11.9 Å². The highest BCUT2D eigenvalue weighted by atomic mass is 19.3. The molecule has 2 N–H and O–H groups in total. The molecule has 0 aliphatic carbocycles. The second kappa shape index (κ2) is 9.86. The van der Waals surface area contributed by atoms with E-state index >= 15 is 0 Å². The average Bonchev–Trinajstić information content (AvgIpc) is 2.74. The Balaban J connectivity index is 2.09. The standard InChI is InChI=1S/C23H22F3N3O4/c1-23(2,32)13-29-11-17(22(31)27-15-9-7-14(24)8-10-15)21(30)20(28-29)16-5-3-4-6-18(16)33-12-19(25)26/h3-11,19,32H,12-13H2,1-2H3,(H,27,31). The van der Waals surface area contributed by atoms with Gasteiger partial charge < -0.3 is 15.2 Å². The fourth-order valence-electron chi connectivity index (χ4n) is 3.03. The number of aromatic nitrogens is 2. The summed E-state index contributed by atoms with van der Waals surface area (Å²) in [7, 11) is 0. The van der Waals surface area contributed by atoms with Gasteiger partial charge in [0.1, 0.15) is 29.4 Å². The molecule has 0 fully saturated rings. The van der Waals surface area contributed by atoms with Crippen molar-refractivity contribution in [1.29, 1.82) is 0 Å². The summed E-state index contributed by atoms with van der Waals surface area (Å²) in [5, 5.41) is 16.9. The molecular weight excluding hydrogens is 439 g/mol.